The molecule has 4 unspecified atom stereocenters. The smallest absolute Gasteiger partial charge is 0.0357 e. The molecule has 0 aromatic heterocycles. The first kappa shape index (κ1) is 14.9. The molecule has 3 rings (SSSR count). The maximum absolute atomic E-state index is 2.49. The molecule has 0 nitrogen and oxygen atoms in total. The van der Waals surface area contributed by atoms with Crippen LogP contribution in [-0.4, -0.2) is 0 Å². The molecule has 4 atom stereocenters. The van der Waals surface area contributed by atoms with Gasteiger partial charge in [0.1, 0.15) is 0 Å². The van der Waals surface area contributed by atoms with E-state index in [0.717, 1.165) is 35.5 Å². The fourth-order valence-electron chi connectivity index (χ4n) is 5.93. The van der Waals surface area contributed by atoms with Crippen LogP contribution in [0, 0.1) is 35.5 Å². The maximum Gasteiger partial charge on any atom is -0.0357 e. The minimum Gasteiger partial charge on any atom is -0.0651 e. The molecule has 3 saturated carbocycles. The fourth-order valence-corrected chi connectivity index (χ4v) is 5.93. The molecule has 3 aliphatic carbocycles. The van der Waals surface area contributed by atoms with Crippen molar-refractivity contribution in [1.82, 2.24) is 0 Å². The summed E-state index contributed by atoms with van der Waals surface area (Å²) in [5.41, 5.74) is 0. The third-order valence-corrected chi connectivity index (χ3v) is 7.24. The Bertz CT molecular complexity index is 286. The summed E-state index contributed by atoms with van der Waals surface area (Å²) in [6.45, 7) is 4.88. The van der Waals surface area contributed by atoms with Gasteiger partial charge in [-0.05, 0) is 54.8 Å². The second-order valence-electron chi connectivity index (χ2n) is 8.56. The SMILES string of the molecule is CCC1CCC(CC2CCCC3CC(C)CCC32)CC1. The molecule has 20 heavy (non-hydrogen) atoms. The van der Waals surface area contributed by atoms with E-state index in [1.54, 1.807) is 64.2 Å². The zero-order valence-corrected chi connectivity index (χ0v) is 13.9. The van der Waals surface area contributed by atoms with E-state index in [9.17, 15) is 0 Å². The van der Waals surface area contributed by atoms with E-state index in [-0.39, 0.29) is 0 Å². The number of fused-ring (bicyclic) bond motifs is 1. The van der Waals surface area contributed by atoms with Crippen LogP contribution in [0.2, 0.25) is 0 Å². The molecule has 0 spiro atoms. The molecule has 0 N–H and O–H groups in total. The van der Waals surface area contributed by atoms with Crippen LogP contribution in [0.3, 0.4) is 0 Å². The summed E-state index contributed by atoms with van der Waals surface area (Å²) in [5.74, 6) is 6.55. The molecule has 0 amide bonds. The number of rotatable bonds is 3. The summed E-state index contributed by atoms with van der Waals surface area (Å²) in [5, 5.41) is 0. The first-order valence-electron chi connectivity index (χ1n) is 9.76. The van der Waals surface area contributed by atoms with Crippen LogP contribution in [0.15, 0.2) is 0 Å². The standard InChI is InChI=1S/C20H36/c1-3-16-8-10-17(11-9-16)14-19-6-4-5-18-13-15(2)7-12-20(18)19/h15-20H,3-14H2,1-2H3. The van der Waals surface area contributed by atoms with Gasteiger partial charge in [0.2, 0.25) is 0 Å². The van der Waals surface area contributed by atoms with Gasteiger partial charge in [0.25, 0.3) is 0 Å². The molecule has 0 heteroatoms. The molecule has 3 fully saturated rings. The molecule has 0 heterocycles. The lowest BCUT2D eigenvalue weighted by molar-refractivity contribution is 0.0595. The van der Waals surface area contributed by atoms with Crippen molar-refractivity contribution < 1.29 is 0 Å². The highest BCUT2D eigenvalue weighted by molar-refractivity contribution is 4.88. The van der Waals surface area contributed by atoms with Gasteiger partial charge < -0.3 is 0 Å². The number of hydrogen-bond acceptors (Lipinski definition) is 0. The Morgan fingerprint density at radius 3 is 2.30 bits per heavy atom. The largest absolute Gasteiger partial charge is 0.0651 e. The summed E-state index contributed by atoms with van der Waals surface area (Å²) in [6, 6.07) is 0. The van der Waals surface area contributed by atoms with Crippen LogP contribution in [0.5, 0.6) is 0 Å². The van der Waals surface area contributed by atoms with Gasteiger partial charge in [0.05, 0.1) is 0 Å². The van der Waals surface area contributed by atoms with Crippen molar-refractivity contribution in [2.75, 3.05) is 0 Å². The third-order valence-electron chi connectivity index (χ3n) is 7.24. The Kier molecular flexibility index (Phi) is 5.10. The predicted molar refractivity (Wildman–Crippen MR) is 87.7 cm³/mol. The molecule has 0 aliphatic heterocycles. The Hall–Kier alpha value is 0. The Labute approximate surface area is 127 Å². The Morgan fingerprint density at radius 1 is 0.800 bits per heavy atom. The van der Waals surface area contributed by atoms with Crippen LogP contribution in [0.25, 0.3) is 0 Å². The highest BCUT2D eigenvalue weighted by Crippen LogP contribution is 2.48. The van der Waals surface area contributed by atoms with E-state index in [1.807, 2.05) is 0 Å². The zero-order valence-electron chi connectivity index (χ0n) is 13.9. The van der Waals surface area contributed by atoms with Gasteiger partial charge in [-0.3, -0.25) is 0 Å². The average Bonchev–Trinajstić information content (AvgIpc) is 2.48. The summed E-state index contributed by atoms with van der Waals surface area (Å²) in [7, 11) is 0. The summed E-state index contributed by atoms with van der Waals surface area (Å²) in [4.78, 5) is 0. The molecular weight excluding hydrogens is 240 g/mol. The van der Waals surface area contributed by atoms with Gasteiger partial charge in [-0.15, -0.1) is 0 Å². The molecule has 0 bridgehead atoms. The molecule has 0 radical (unpaired) electrons. The van der Waals surface area contributed by atoms with E-state index in [2.05, 4.69) is 13.8 Å². The van der Waals surface area contributed by atoms with Gasteiger partial charge >= 0.3 is 0 Å². The first-order chi connectivity index (χ1) is 9.76. The quantitative estimate of drug-likeness (QED) is 0.556. The summed E-state index contributed by atoms with van der Waals surface area (Å²) < 4.78 is 0. The van der Waals surface area contributed by atoms with E-state index in [0.29, 0.717) is 0 Å². The van der Waals surface area contributed by atoms with Gasteiger partial charge in [0, 0.05) is 0 Å². The van der Waals surface area contributed by atoms with Gasteiger partial charge in [-0.1, -0.05) is 71.6 Å². The van der Waals surface area contributed by atoms with Crippen LogP contribution < -0.4 is 0 Å². The molecule has 3 aliphatic rings. The second kappa shape index (κ2) is 6.84. The molecular formula is C20H36. The minimum absolute atomic E-state index is 1.02. The van der Waals surface area contributed by atoms with Gasteiger partial charge in [-0.2, -0.15) is 0 Å². The first-order valence-corrected chi connectivity index (χ1v) is 9.76. The van der Waals surface area contributed by atoms with E-state index >= 15 is 0 Å². The lowest BCUT2D eigenvalue weighted by Gasteiger charge is -2.45. The minimum atomic E-state index is 1.02. The topological polar surface area (TPSA) is 0 Å². The zero-order chi connectivity index (χ0) is 13.9. The van der Waals surface area contributed by atoms with E-state index in [1.165, 1.54) is 12.8 Å². The van der Waals surface area contributed by atoms with Crippen molar-refractivity contribution in [3.63, 3.8) is 0 Å². The maximum atomic E-state index is 2.49. The predicted octanol–water partition coefficient (Wildman–Crippen LogP) is 6.45. The van der Waals surface area contributed by atoms with Crippen molar-refractivity contribution in [1.29, 1.82) is 0 Å². The second-order valence-corrected chi connectivity index (χ2v) is 8.56. The van der Waals surface area contributed by atoms with E-state index < -0.39 is 0 Å². The van der Waals surface area contributed by atoms with Crippen LogP contribution >= 0.6 is 0 Å². The normalized spacial score (nSPS) is 45.9. The fraction of sp³-hybridized carbons (Fsp3) is 1.00. The Morgan fingerprint density at radius 2 is 1.55 bits per heavy atom. The molecule has 0 aromatic carbocycles. The summed E-state index contributed by atoms with van der Waals surface area (Å²) >= 11 is 0. The van der Waals surface area contributed by atoms with Crippen molar-refractivity contribution in [2.45, 2.75) is 90.9 Å². The highest BCUT2D eigenvalue weighted by Gasteiger charge is 2.37. The van der Waals surface area contributed by atoms with E-state index in [4.69, 9.17) is 0 Å². The van der Waals surface area contributed by atoms with Crippen LogP contribution in [0.4, 0.5) is 0 Å². The molecule has 0 saturated heterocycles. The summed E-state index contributed by atoms with van der Waals surface area (Å²) in [6.07, 6.45) is 18.6. The Balaban J connectivity index is 1.52. The number of hydrogen-bond donors (Lipinski definition) is 0. The van der Waals surface area contributed by atoms with Crippen molar-refractivity contribution >= 4 is 0 Å². The van der Waals surface area contributed by atoms with Crippen LogP contribution in [0.1, 0.15) is 90.9 Å². The average molecular weight is 277 g/mol. The van der Waals surface area contributed by atoms with Gasteiger partial charge in [0.15, 0.2) is 0 Å². The highest BCUT2D eigenvalue weighted by atomic mass is 14.4. The van der Waals surface area contributed by atoms with Crippen molar-refractivity contribution in [3.8, 4) is 0 Å². The lowest BCUT2D eigenvalue weighted by Crippen LogP contribution is -2.34. The van der Waals surface area contributed by atoms with Crippen molar-refractivity contribution in [2.24, 2.45) is 35.5 Å². The van der Waals surface area contributed by atoms with Gasteiger partial charge in [-0.25, -0.2) is 0 Å². The van der Waals surface area contributed by atoms with Crippen LogP contribution in [-0.2, 0) is 0 Å². The van der Waals surface area contributed by atoms with Crippen molar-refractivity contribution in [3.05, 3.63) is 0 Å². The lowest BCUT2D eigenvalue weighted by atomic mass is 9.61. The third kappa shape index (κ3) is 3.42. The monoisotopic (exact) mass is 276 g/mol. The molecule has 0 aromatic rings. The molecule has 116 valence electrons.